The second-order valence-corrected chi connectivity index (χ2v) is 7.91. The second kappa shape index (κ2) is 8.60. The zero-order valence-corrected chi connectivity index (χ0v) is 16.0. The van der Waals surface area contributed by atoms with Crippen molar-refractivity contribution in [2.75, 3.05) is 19.1 Å². The molecule has 0 spiro atoms. The first-order valence-electron chi connectivity index (χ1n) is 8.36. The molecule has 1 aliphatic rings. The van der Waals surface area contributed by atoms with Gasteiger partial charge < -0.3 is 9.47 Å². The van der Waals surface area contributed by atoms with Crippen molar-refractivity contribution in [2.45, 2.75) is 17.7 Å². The van der Waals surface area contributed by atoms with Gasteiger partial charge in [-0.3, -0.25) is 10.2 Å². The molecule has 0 saturated carbocycles. The zero-order chi connectivity index (χ0) is 19.3. The summed E-state index contributed by atoms with van der Waals surface area (Å²) in [6.45, 7) is 0.842. The summed E-state index contributed by atoms with van der Waals surface area (Å²) in [5, 5.41) is 0. The lowest BCUT2D eigenvalue weighted by atomic mass is 10.1. The van der Waals surface area contributed by atoms with Gasteiger partial charge in [0.1, 0.15) is 13.2 Å². The Morgan fingerprint density at radius 3 is 2.44 bits per heavy atom. The highest BCUT2D eigenvalue weighted by molar-refractivity contribution is 7.89. The lowest BCUT2D eigenvalue weighted by Crippen LogP contribution is -2.41. The molecule has 1 heterocycles. The number of hydrazine groups is 1. The maximum atomic E-state index is 12.3. The number of nitrogens with one attached hydrogen (secondary N) is 2. The minimum Gasteiger partial charge on any atom is -0.486 e. The van der Waals surface area contributed by atoms with E-state index in [1.807, 2.05) is 0 Å². The molecule has 0 bridgehead atoms. The summed E-state index contributed by atoms with van der Waals surface area (Å²) < 4.78 is 35.5. The number of ether oxygens (including phenoxy) is 2. The number of benzene rings is 2. The summed E-state index contributed by atoms with van der Waals surface area (Å²) in [4.78, 5) is 14.4. The van der Waals surface area contributed by atoms with Crippen molar-refractivity contribution in [1.82, 2.24) is 10.3 Å². The highest BCUT2D eigenvalue weighted by Crippen LogP contribution is 2.30. The number of amides is 1. The molecule has 3 rings (SSSR count). The molecule has 27 heavy (non-hydrogen) atoms. The molecule has 0 aliphatic carbocycles. The molecule has 2 aromatic carbocycles. The van der Waals surface area contributed by atoms with E-state index in [9.17, 15) is 13.2 Å². The maximum absolute atomic E-state index is 12.3. The Kier molecular flexibility index (Phi) is 6.20. The number of carbonyl (C=O) groups is 1. The van der Waals surface area contributed by atoms with E-state index in [0.29, 0.717) is 30.6 Å². The van der Waals surface area contributed by atoms with E-state index in [1.54, 1.807) is 18.2 Å². The highest BCUT2D eigenvalue weighted by Gasteiger charge is 2.18. The molecule has 2 N–H and O–H groups in total. The summed E-state index contributed by atoms with van der Waals surface area (Å²) >= 11 is 5.65. The second-order valence-electron chi connectivity index (χ2n) is 5.85. The molecule has 1 aliphatic heterocycles. The fourth-order valence-electron chi connectivity index (χ4n) is 2.54. The van der Waals surface area contributed by atoms with Gasteiger partial charge >= 0.3 is 0 Å². The SMILES string of the molecule is O=C(NNS(=O)(=O)c1ccc(CCCCl)cc1)c1ccc2c(c1)OCCO2. The standard InChI is InChI=1S/C18H19ClN2O5S/c19-9-1-2-13-3-6-15(7-4-13)27(23,24)21-20-18(22)14-5-8-16-17(12-14)26-11-10-25-16/h3-8,12,21H,1-2,9-11H2,(H,20,22). The number of sulfonamides is 1. The minimum atomic E-state index is -3.88. The third-order valence-electron chi connectivity index (χ3n) is 3.94. The molecule has 1 amide bonds. The Balaban J connectivity index is 1.63. The predicted octanol–water partition coefficient (Wildman–Crippen LogP) is 2.25. The predicted molar refractivity (Wildman–Crippen MR) is 101 cm³/mol. The monoisotopic (exact) mass is 410 g/mol. The summed E-state index contributed by atoms with van der Waals surface area (Å²) in [5.41, 5.74) is 3.45. The average Bonchev–Trinajstić information content (AvgIpc) is 2.70. The van der Waals surface area contributed by atoms with Gasteiger partial charge in [0.05, 0.1) is 4.90 Å². The van der Waals surface area contributed by atoms with Crippen LogP contribution in [0, 0.1) is 0 Å². The van der Waals surface area contributed by atoms with Crippen LogP contribution in [0.25, 0.3) is 0 Å². The number of aryl methyl sites for hydroxylation is 1. The van der Waals surface area contributed by atoms with E-state index >= 15 is 0 Å². The zero-order valence-electron chi connectivity index (χ0n) is 14.4. The molecule has 0 atom stereocenters. The number of rotatable bonds is 7. The van der Waals surface area contributed by atoms with Gasteiger partial charge in [0.15, 0.2) is 11.5 Å². The third kappa shape index (κ3) is 4.91. The van der Waals surface area contributed by atoms with Crippen LogP contribution in [0.2, 0.25) is 0 Å². The molecule has 0 fully saturated rings. The largest absolute Gasteiger partial charge is 0.486 e. The van der Waals surface area contributed by atoms with Crippen molar-refractivity contribution >= 4 is 27.5 Å². The minimum absolute atomic E-state index is 0.0552. The Morgan fingerprint density at radius 1 is 1.04 bits per heavy atom. The van der Waals surface area contributed by atoms with Crippen LogP contribution in [0.5, 0.6) is 11.5 Å². The first kappa shape index (κ1) is 19.5. The molecule has 0 unspecified atom stereocenters. The first-order chi connectivity index (χ1) is 13.0. The summed E-state index contributed by atoms with van der Waals surface area (Å²) in [6.07, 6.45) is 1.59. The Morgan fingerprint density at radius 2 is 1.74 bits per heavy atom. The van der Waals surface area contributed by atoms with Crippen molar-refractivity contribution in [1.29, 1.82) is 0 Å². The van der Waals surface area contributed by atoms with Gasteiger partial charge in [-0.15, -0.1) is 16.4 Å². The summed E-state index contributed by atoms with van der Waals surface area (Å²) in [6, 6.07) is 11.1. The Hall–Kier alpha value is -2.29. The van der Waals surface area contributed by atoms with Crippen molar-refractivity contribution < 1.29 is 22.7 Å². The van der Waals surface area contributed by atoms with E-state index < -0.39 is 15.9 Å². The van der Waals surface area contributed by atoms with Crippen LogP contribution >= 0.6 is 11.6 Å². The Bertz CT molecular complexity index is 916. The van der Waals surface area contributed by atoms with Gasteiger partial charge in [-0.2, -0.15) is 0 Å². The fraction of sp³-hybridized carbons (Fsp3) is 0.278. The van der Waals surface area contributed by atoms with Crippen molar-refractivity contribution in [2.24, 2.45) is 0 Å². The van der Waals surface area contributed by atoms with Crippen LogP contribution in [0.1, 0.15) is 22.3 Å². The van der Waals surface area contributed by atoms with Gasteiger partial charge in [0.2, 0.25) is 0 Å². The molecule has 0 aromatic heterocycles. The molecular formula is C18H19ClN2O5S. The summed E-state index contributed by atoms with van der Waals surface area (Å²) in [5.74, 6) is 0.944. The summed E-state index contributed by atoms with van der Waals surface area (Å²) in [7, 11) is -3.88. The number of alkyl halides is 1. The molecule has 9 heteroatoms. The lowest BCUT2D eigenvalue weighted by Gasteiger charge is -2.18. The fourth-order valence-corrected chi connectivity index (χ4v) is 3.51. The number of halogens is 1. The van der Waals surface area contributed by atoms with Gasteiger partial charge in [0, 0.05) is 11.4 Å². The van der Waals surface area contributed by atoms with E-state index in [-0.39, 0.29) is 10.5 Å². The van der Waals surface area contributed by atoms with Crippen molar-refractivity contribution in [3.8, 4) is 11.5 Å². The van der Waals surface area contributed by atoms with Crippen LogP contribution in [0.15, 0.2) is 47.4 Å². The van der Waals surface area contributed by atoms with Crippen molar-refractivity contribution in [3.05, 3.63) is 53.6 Å². The number of hydrogen-bond donors (Lipinski definition) is 2. The molecule has 0 radical (unpaired) electrons. The third-order valence-corrected chi connectivity index (χ3v) is 5.47. The maximum Gasteiger partial charge on any atom is 0.266 e. The molecule has 0 saturated heterocycles. The van der Waals surface area contributed by atoms with Crippen LogP contribution in [-0.4, -0.2) is 33.4 Å². The number of carbonyl (C=O) groups excluding carboxylic acids is 1. The lowest BCUT2D eigenvalue weighted by molar-refractivity contribution is 0.0944. The number of hydrogen-bond acceptors (Lipinski definition) is 5. The van der Waals surface area contributed by atoms with Crippen LogP contribution < -0.4 is 19.7 Å². The van der Waals surface area contributed by atoms with E-state index in [0.717, 1.165) is 18.4 Å². The van der Waals surface area contributed by atoms with Crippen LogP contribution in [0.4, 0.5) is 0 Å². The molecular weight excluding hydrogens is 392 g/mol. The molecule has 7 nitrogen and oxygen atoms in total. The number of fused-ring (bicyclic) bond motifs is 1. The van der Waals surface area contributed by atoms with Gasteiger partial charge in [-0.05, 0) is 48.7 Å². The molecule has 2 aromatic rings. The topological polar surface area (TPSA) is 93.7 Å². The van der Waals surface area contributed by atoms with E-state index in [2.05, 4.69) is 10.3 Å². The van der Waals surface area contributed by atoms with Gasteiger partial charge in [0.25, 0.3) is 15.9 Å². The van der Waals surface area contributed by atoms with Crippen LogP contribution in [0.3, 0.4) is 0 Å². The highest BCUT2D eigenvalue weighted by atomic mass is 35.5. The van der Waals surface area contributed by atoms with Crippen LogP contribution in [-0.2, 0) is 16.4 Å². The smallest absolute Gasteiger partial charge is 0.266 e. The van der Waals surface area contributed by atoms with E-state index in [1.165, 1.54) is 24.3 Å². The van der Waals surface area contributed by atoms with Gasteiger partial charge in [-0.25, -0.2) is 8.42 Å². The Labute approximate surface area is 162 Å². The normalized spacial score (nSPS) is 13.2. The average molecular weight is 411 g/mol. The van der Waals surface area contributed by atoms with Crippen molar-refractivity contribution in [3.63, 3.8) is 0 Å². The molecule has 144 valence electrons. The van der Waals surface area contributed by atoms with Gasteiger partial charge in [-0.1, -0.05) is 12.1 Å². The quantitative estimate of drug-likeness (QED) is 0.539. The van der Waals surface area contributed by atoms with E-state index in [4.69, 9.17) is 21.1 Å². The first-order valence-corrected chi connectivity index (χ1v) is 10.4.